The topological polar surface area (TPSA) is 97.4 Å². The maximum absolute atomic E-state index is 11.7. The predicted octanol–water partition coefficient (Wildman–Crippen LogP) is 0.453. The molecule has 0 aliphatic heterocycles. The fraction of sp³-hybridized carbons (Fsp3) is 0.438. The maximum atomic E-state index is 11.7. The molecule has 7 heteroatoms. The van der Waals surface area contributed by atoms with Gasteiger partial charge in [0.1, 0.15) is 5.75 Å². The van der Waals surface area contributed by atoms with Crippen molar-refractivity contribution < 1.29 is 19.6 Å². The molecule has 0 spiro atoms. The van der Waals surface area contributed by atoms with E-state index in [1.54, 1.807) is 26.2 Å². The van der Waals surface area contributed by atoms with Crippen LogP contribution in [0.1, 0.15) is 12.0 Å². The zero-order chi connectivity index (χ0) is 16.9. The molecule has 1 aromatic heterocycles. The highest BCUT2D eigenvalue weighted by Crippen LogP contribution is 2.22. The van der Waals surface area contributed by atoms with Crippen molar-refractivity contribution in [1.82, 2.24) is 15.7 Å². The van der Waals surface area contributed by atoms with Crippen molar-refractivity contribution >= 4 is 16.8 Å². The van der Waals surface area contributed by atoms with Crippen LogP contribution >= 0.6 is 0 Å². The van der Waals surface area contributed by atoms with Gasteiger partial charge in [0.15, 0.2) is 0 Å². The van der Waals surface area contributed by atoms with Gasteiger partial charge in [0.25, 0.3) is 5.91 Å². The van der Waals surface area contributed by atoms with Gasteiger partial charge in [-0.2, -0.15) is 0 Å². The lowest BCUT2D eigenvalue weighted by atomic mass is 10.1. The first kappa shape index (κ1) is 17.3. The Hall–Kier alpha value is -2.09. The lowest BCUT2D eigenvalue weighted by Gasteiger charge is -2.26. The SMILES string of the molecule is C[N+](C)(CO)NC(=O)CCNCCc1c[nH]c2ccc(O)cc12. The number of quaternary nitrogens is 1. The highest BCUT2D eigenvalue weighted by molar-refractivity contribution is 5.84. The van der Waals surface area contributed by atoms with Crippen molar-refractivity contribution in [3.05, 3.63) is 30.0 Å². The third-order valence-electron chi connectivity index (χ3n) is 3.63. The summed E-state index contributed by atoms with van der Waals surface area (Å²) in [4.78, 5) is 14.9. The third kappa shape index (κ3) is 4.95. The minimum absolute atomic E-state index is 0.0532. The number of rotatable bonds is 8. The number of hydrogen-bond donors (Lipinski definition) is 5. The molecule has 2 rings (SSSR count). The molecule has 5 N–H and O–H groups in total. The fourth-order valence-electron chi connectivity index (χ4n) is 2.35. The quantitative estimate of drug-likeness (QED) is 0.211. The van der Waals surface area contributed by atoms with Crippen molar-refractivity contribution in [3.8, 4) is 5.75 Å². The lowest BCUT2D eigenvalue weighted by molar-refractivity contribution is -0.942. The van der Waals surface area contributed by atoms with Crippen LogP contribution in [0.25, 0.3) is 10.9 Å². The van der Waals surface area contributed by atoms with E-state index in [9.17, 15) is 9.90 Å². The van der Waals surface area contributed by atoms with E-state index in [-0.39, 0.29) is 23.0 Å². The van der Waals surface area contributed by atoms with Gasteiger partial charge in [0.2, 0.25) is 6.73 Å². The molecule has 0 aliphatic carbocycles. The van der Waals surface area contributed by atoms with Crippen LogP contribution in [-0.2, 0) is 11.2 Å². The number of phenols is 1. The van der Waals surface area contributed by atoms with Gasteiger partial charge in [-0.1, -0.05) is 0 Å². The second kappa shape index (κ2) is 7.45. The number of nitrogens with zero attached hydrogens (tertiary/aromatic N) is 1. The Kier molecular flexibility index (Phi) is 5.59. The molecule has 0 unspecified atom stereocenters. The minimum Gasteiger partial charge on any atom is -0.508 e. The summed E-state index contributed by atoms with van der Waals surface area (Å²) < 4.78 is 0.0532. The monoisotopic (exact) mass is 321 g/mol. The van der Waals surface area contributed by atoms with E-state index in [0.717, 1.165) is 29.4 Å². The van der Waals surface area contributed by atoms with Gasteiger partial charge in [-0.3, -0.25) is 4.79 Å². The Bertz CT molecular complexity index is 666. The Balaban J connectivity index is 1.73. The van der Waals surface area contributed by atoms with Gasteiger partial charge in [-0.15, -0.1) is 0 Å². The third-order valence-corrected chi connectivity index (χ3v) is 3.63. The van der Waals surface area contributed by atoms with Gasteiger partial charge in [0, 0.05) is 30.1 Å². The second-order valence-corrected chi connectivity index (χ2v) is 6.16. The number of amides is 1. The number of carbonyl (C=O) groups is 1. The number of aliphatic hydroxyl groups excluding tert-OH is 1. The van der Waals surface area contributed by atoms with Crippen LogP contribution in [0.3, 0.4) is 0 Å². The van der Waals surface area contributed by atoms with Crippen molar-refractivity contribution in [2.75, 3.05) is 33.9 Å². The molecule has 1 heterocycles. The standard InChI is InChI=1S/C16H24N4O3/c1-20(2,11-21)19-16(23)6-8-17-7-5-12-10-18-15-4-3-13(22)9-14(12)15/h3-4,9-10,17-18,21H,5-8,11H2,1-2H3,(H-,19,22,23)/p+1. The summed E-state index contributed by atoms with van der Waals surface area (Å²) in [6, 6.07) is 5.27. The number of aromatic amines is 1. The lowest BCUT2D eigenvalue weighted by Crippen LogP contribution is -2.55. The Morgan fingerprint density at radius 1 is 1.30 bits per heavy atom. The summed E-state index contributed by atoms with van der Waals surface area (Å²) in [7, 11) is 3.44. The van der Waals surface area contributed by atoms with Crippen molar-refractivity contribution in [2.45, 2.75) is 12.8 Å². The molecule has 0 bridgehead atoms. The van der Waals surface area contributed by atoms with Gasteiger partial charge in [-0.25, -0.2) is 10.0 Å². The van der Waals surface area contributed by atoms with Crippen LogP contribution in [0.5, 0.6) is 5.75 Å². The molecule has 1 amide bonds. The number of carbonyl (C=O) groups excluding carboxylic acids is 1. The van der Waals surface area contributed by atoms with Crippen LogP contribution in [0.4, 0.5) is 0 Å². The molecule has 7 nitrogen and oxygen atoms in total. The molecule has 1 aromatic carbocycles. The van der Waals surface area contributed by atoms with E-state index in [0.29, 0.717) is 13.0 Å². The number of aromatic nitrogens is 1. The normalized spacial score (nSPS) is 11.8. The number of H-pyrrole nitrogens is 1. The molecular weight excluding hydrogens is 296 g/mol. The van der Waals surface area contributed by atoms with E-state index in [2.05, 4.69) is 15.7 Å². The highest BCUT2D eigenvalue weighted by Gasteiger charge is 2.16. The second-order valence-electron chi connectivity index (χ2n) is 6.16. The van der Waals surface area contributed by atoms with Crippen LogP contribution in [0.2, 0.25) is 0 Å². The largest absolute Gasteiger partial charge is 0.508 e. The van der Waals surface area contributed by atoms with Gasteiger partial charge in [0.05, 0.1) is 14.1 Å². The van der Waals surface area contributed by atoms with Crippen molar-refractivity contribution in [3.63, 3.8) is 0 Å². The van der Waals surface area contributed by atoms with Gasteiger partial charge < -0.3 is 20.5 Å². The number of aromatic hydroxyl groups is 1. The number of phenolic OH excluding ortho intramolecular Hbond substituents is 1. The Morgan fingerprint density at radius 3 is 2.83 bits per heavy atom. The molecule has 0 atom stereocenters. The summed E-state index contributed by atoms with van der Waals surface area (Å²) in [6.45, 7) is 1.17. The molecule has 0 radical (unpaired) electrons. The summed E-state index contributed by atoms with van der Waals surface area (Å²) in [6.07, 6.45) is 3.11. The molecule has 0 aliphatic rings. The Labute approximate surface area is 135 Å². The van der Waals surface area contributed by atoms with Gasteiger partial charge >= 0.3 is 0 Å². The minimum atomic E-state index is -0.146. The van der Waals surface area contributed by atoms with Crippen LogP contribution < -0.4 is 10.7 Å². The van der Waals surface area contributed by atoms with E-state index < -0.39 is 0 Å². The fourth-order valence-corrected chi connectivity index (χ4v) is 2.35. The smallest absolute Gasteiger partial charge is 0.266 e. The Morgan fingerprint density at radius 2 is 2.09 bits per heavy atom. The zero-order valence-corrected chi connectivity index (χ0v) is 13.6. The maximum Gasteiger partial charge on any atom is 0.266 e. The number of fused-ring (bicyclic) bond motifs is 1. The first-order valence-electron chi connectivity index (χ1n) is 7.66. The van der Waals surface area contributed by atoms with E-state index >= 15 is 0 Å². The first-order chi connectivity index (χ1) is 10.9. The van der Waals surface area contributed by atoms with E-state index in [1.165, 1.54) is 0 Å². The molecule has 126 valence electrons. The summed E-state index contributed by atoms with van der Waals surface area (Å²) in [5.74, 6) is 0.154. The number of nitrogens with one attached hydrogen (secondary N) is 3. The average Bonchev–Trinajstić information content (AvgIpc) is 2.89. The zero-order valence-electron chi connectivity index (χ0n) is 13.6. The molecular formula is C16H25N4O3+. The molecule has 2 aromatic rings. The van der Waals surface area contributed by atoms with Crippen LogP contribution in [0, 0.1) is 0 Å². The molecule has 0 saturated heterocycles. The van der Waals surface area contributed by atoms with E-state index in [1.807, 2.05) is 12.3 Å². The summed E-state index contributed by atoms with van der Waals surface area (Å²) >= 11 is 0. The molecule has 0 fully saturated rings. The van der Waals surface area contributed by atoms with Gasteiger partial charge in [-0.05, 0) is 36.7 Å². The average molecular weight is 321 g/mol. The number of aliphatic hydroxyl groups is 1. The van der Waals surface area contributed by atoms with Crippen molar-refractivity contribution in [2.24, 2.45) is 0 Å². The van der Waals surface area contributed by atoms with Crippen molar-refractivity contribution in [1.29, 1.82) is 0 Å². The highest BCUT2D eigenvalue weighted by atomic mass is 16.3. The number of hydrogen-bond acceptors (Lipinski definition) is 4. The first-order valence-corrected chi connectivity index (χ1v) is 7.66. The van der Waals surface area contributed by atoms with Crippen LogP contribution in [-0.4, -0.2) is 59.6 Å². The van der Waals surface area contributed by atoms with E-state index in [4.69, 9.17) is 5.11 Å². The van der Waals surface area contributed by atoms with Crippen LogP contribution in [0.15, 0.2) is 24.4 Å². The number of benzene rings is 1. The summed E-state index contributed by atoms with van der Waals surface area (Å²) in [5, 5.41) is 22.9. The molecule has 23 heavy (non-hydrogen) atoms. The predicted molar refractivity (Wildman–Crippen MR) is 88.5 cm³/mol. The summed E-state index contributed by atoms with van der Waals surface area (Å²) in [5.41, 5.74) is 4.85. The molecule has 0 saturated carbocycles.